The van der Waals surface area contributed by atoms with Crippen LogP contribution in [0.2, 0.25) is 0 Å². The zero-order valence-electron chi connectivity index (χ0n) is 7.90. The molecule has 0 radical (unpaired) electrons. The Morgan fingerprint density at radius 3 is 2.79 bits per heavy atom. The van der Waals surface area contributed by atoms with Gasteiger partial charge in [0.2, 0.25) is 5.12 Å². The van der Waals surface area contributed by atoms with Crippen molar-refractivity contribution < 1.29 is 4.79 Å². The molecule has 1 atom stereocenters. The van der Waals surface area contributed by atoms with Crippen molar-refractivity contribution >= 4 is 16.9 Å². The number of thioether (sulfide) groups is 1. The van der Waals surface area contributed by atoms with Gasteiger partial charge in [0.15, 0.2) is 0 Å². The summed E-state index contributed by atoms with van der Waals surface area (Å²) in [5.74, 6) is 0. The van der Waals surface area contributed by atoms with Crippen LogP contribution in [0.5, 0.6) is 0 Å². The SMILES string of the molecule is O=C(Sc1ccccc1)[C@@H]1CCCN1. The molecule has 74 valence electrons. The lowest BCUT2D eigenvalue weighted by atomic mass is 10.2. The molecule has 1 aromatic carbocycles. The van der Waals surface area contributed by atoms with E-state index in [4.69, 9.17) is 0 Å². The maximum atomic E-state index is 11.7. The van der Waals surface area contributed by atoms with E-state index in [2.05, 4.69) is 5.32 Å². The van der Waals surface area contributed by atoms with Gasteiger partial charge in [0.1, 0.15) is 0 Å². The Bertz CT molecular complexity index is 306. The molecular formula is C11H13NOS. The molecule has 0 unspecified atom stereocenters. The van der Waals surface area contributed by atoms with Crippen molar-refractivity contribution in [2.24, 2.45) is 0 Å². The zero-order chi connectivity index (χ0) is 9.80. The second kappa shape index (κ2) is 4.62. The monoisotopic (exact) mass is 207 g/mol. The summed E-state index contributed by atoms with van der Waals surface area (Å²) in [7, 11) is 0. The van der Waals surface area contributed by atoms with Crippen LogP contribution < -0.4 is 5.32 Å². The number of benzene rings is 1. The van der Waals surface area contributed by atoms with E-state index >= 15 is 0 Å². The fraction of sp³-hybridized carbons (Fsp3) is 0.364. The number of nitrogens with one attached hydrogen (secondary N) is 1. The third kappa shape index (κ3) is 2.36. The lowest BCUT2D eigenvalue weighted by Gasteiger charge is -2.07. The average molecular weight is 207 g/mol. The van der Waals surface area contributed by atoms with Crippen LogP contribution >= 0.6 is 11.8 Å². The molecule has 0 amide bonds. The predicted octanol–water partition coefficient (Wildman–Crippen LogP) is 2.06. The number of carbonyl (C=O) groups is 1. The first-order valence-corrected chi connectivity index (χ1v) is 5.68. The molecule has 1 fully saturated rings. The second-order valence-corrected chi connectivity index (χ2v) is 4.46. The van der Waals surface area contributed by atoms with Crippen LogP contribution in [0.1, 0.15) is 12.8 Å². The summed E-state index contributed by atoms with van der Waals surface area (Å²) >= 11 is 1.34. The first-order valence-electron chi connectivity index (χ1n) is 4.86. The summed E-state index contributed by atoms with van der Waals surface area (Å²) < 4.78 is 0. The molecule has 0 aromatic heterocycles. The minimum absolute atomic E-state index is 0.0696. The van der Waals surface area contributed by atoms with E-state index in [9.17, 15) is 4.79 Å². The van der Waals surface area contributed by atoms with Crippen LogP contribution in [-0.4, -0.2) is 17.7 Å². The molecule has 14 heavy (non-hydrogen) atoms. The largest absolute Gasteiger partial charge is 0.307 e. The minimum Gasteiger partial charge on any atom is -0.307 e. The minimum atomic E-state index is 0.0696. The molecule has 0 aliphatic carbocycles. The summed E-state index contributed by atoms with van der Waals surface area (Å²) in [6.07, 6.45) is 2.10. The van der Waals surface area contributed by atoms with Gasteiger partial charge in [0.05, 0.1) is 6.04 Å². The van der Waals surface area contributed by atoms with E-state index < -0.39 is 0 Å². The highest BCUT2D eigenvalue weighted by molar-refractivity contribution is 8.13. The van der Waals surface area contributed by atoms with Gasteiger partial charge in [-0.05, 0) is 31.5 Å². The van der Waals surface area contributed by atoms with Crippen molar-refractivity contribution in [3.05, 3.63) is 30.3 Å². The van der Waals surface area contributed by atoms with Gasteiger partial charge in [-0.25, -0.2) is 0 Å². The summed E-state index contributed by atoms with van der Waals surface area (Å²) in [5.41, 5.74) is 0. The average Bonchev–Trinajstić information content (AvgIpc) is 2.72. The Morgan fingerprint density at radius 1 is 1.36 bits per heavy atom. The third-order valence-electron chi connectivity index (χ3n) is 2.31. The van der Waals surface area contributed by atoms with E-state index in [1.807, 2.05) is 30.3 Å². The number of rotatable bonds is 2. The Morgan fingerprint density at radius 2 is 2.14 bits per heavy atom. The van der Waals surface area contributed by atoms with Gasteiger partial charge in [0.25, 0.3) is 0 Å². The molecule has 1 N–H and O–H groups in total. The van der Waals surface area contributed by atoms with Crippen LogP contribution in [0.3, 0.4) is 0 Å². The molecule has 2 nitrogen and oxygen atoms in total. The Kier molecular flexibility index (Phi) is 3.22. The molecule has 0 bridgehead atoms. The number of carbonyl (C=O) groups excluding carboxylic acids is 1. The van der Waals surface area contributed by atoms with Crippen LogP contribution in [0.15, 0.2) is 35.2 Å². The van der Waals surface area contributed by atoms with Crippen molar-refractivity contribution in [3.63, 3.8) is 0 Å². The summed E-state index contributed by atoms with van der Waals surface area (Å²) in [6, 6.07) is 9.88. The molecule has 0 spiro atoms. The van der Waals surface area contributed by atoms with E-state index in [1.165, 1.54) is 11.8 Å². The fourth-order valence-corrected chi connectivity index (χ4v) is 2.43. The molecule has 1 aliphatic heterocycles. The Labute approximate surface area is 88.1 Å². The van der Waals surface area contributed by atoms with Gasteiger partial charge in [-0.1, -0.05) is 30.0 Å². The van der Waals surface area contributed by atoms with Crippen LogP contribution in [-0.2, 0) is 4.79 Å². The summed E-state index contributed by atoms with van der Waals surface area (Å²) in [5, 5.41) is 3.45. The molecule has 1 heterocycles. The van der Waals surface area contributed by atoms with Crippen LogP contribution in [0, 0.1) is 0 Å². The standard InChI is InChI=1S/C11H13NOS/c13-11(10-7-4-8-12-10)14-9-5-2-1-3-6-9/h1-3,5-6,10,12H,4,7-8H2/t10-/m0/s1. The molecule has 1 aliphatic rings. The van der Waals surface area contributed by atoms with Crippen molar-refractivity contribution in [2.75, 3.05) is 6.54 Å². The lowest BCUT2D eigenvalue weighted by molar-refractivity contribution is -0.112. The van der Waals surface area contributed by atoms with Crippen LogP contribution in [0.25, 0.3) is 0 Å². The molecule has 2 rings (SSSR count). The molecule has 0 saturated carbocycles. The van der Waals surface area contributed by atoms with E-state index in [-0.39, 0.29) is 11.2 Å². The van der Waals surface area contributed by atoms with E-state index in [0.29, 0.717) is 0 Å². The number of hydrogen-bond donors (Lipinski definition) is 1. The smallest absolute Gasteiger partial charge is 0.210 e. The van der Waals surface area contributed by atoms with E-state index in [1.54, 1.807) is 0 Å². The number of hydrogen-bond acceptors (Lipinski definition) is 3. The zero-order valence-corrected chi connectivity index (χ0v) is 8.72. The molecule has 1 saturated heterocycles. The maximum Gasteiger partial charge on any atom is 0.210 e. The normalized spacial score (nSPS) is 21.0. The summed E-state index contributed by atoms with van der Waals surface area (Å²) in [4.78, 5) is 12.7. The van der Waals surface area contributed by atoms with Gasteiger partial charge >= 0.3 is 0 Å². The third-order valence-corrected chi connectivity index (χ3v) is 3.30. The second-order valence-electron chi connectivity index (χ2n) is 3.38. The first kappa shape index (κ1) is 9.74. The van der Waals surface area contributed by atoms with Crippen molar-refractivity contribution in [3.8, 4) is 0 Å². The highest BCUT2D eigenvalue weighted by atomic mass is 32.2. The van der Waals surface area contributed by atoms with Gasteiger partial charge in [-0.3, -0.25) is 4.79 Å². The highest BCUT2D eigenvalue weighted by Gasteiger charge is 2.22. The Balaban J connectivity index is 1.94. The fourth-order valence-electron chi connectivity index (χ4n) is 1.56. The van der Waals surface area contributed by atoms with Gasteiger partial charge in [0, 0.05) is 4.90 Å². The molecule has 3 heteroatoms. The van der Waals surface area contributed by atoms with Crippen molar-refractivity contribution in [1.82, 2.24) is 5.32 Å². The molecular weight excluding hydrogens is 194 g/mol. The topological polar surface area (TPSA) is 29.1 Å². The van der Waals surface area contributed by atoms with E-state index in [0.717, 1.165) is 24.3 Å². The lowest BCUT2D eigenvalue weighted by Crippen LogP contribution is -2.28. The highest BCUT2D eigenvalue weighted by Crippen LogP contribution is 2.22. The Hall–Kier alpha value is -0.800. The van der Waals surface area contributed by atoms with Crippen molar-refractivity contribution in [1.29, 1.82) is 0 Å². The molecule has 1 aromatic rings. The maximum absolute atomic E-state index is 11.7. The van der Waals surface area contributed by atoms with Gasteiger partial charge in [-0.2, -0.15) is 0 Å². The van der Waals surface area contributed by atoms with Crippen molar-refractivity contribution in [2.45, 2.75) is 23.8 Å². The van der Waals surface area contributed by atoms with Crippen LogP contribution in [0.4, 0.5) is 0 Å². The first-order chi connectivity index (χ1) is 6.86. The predicted molar refractivity (Wildman–Crippen MR) is 58.3 cm³/mol. The quantitative estimate of drug-likeness (QED) is 0.753. The van der Waals surface area contributed by atoms with Gasteiger partial charge in [-0.15, -0.1) is 0 Å². The summed E-state index contributed by atoms with van der Waals surface area (Å²) in [6.45, 7) is 0.978. The van der Waals surface area contributed by atoms with Gasteiger partial charge < -0.3 is 5.32 Å².